The van der Waals surface area contributed by atoms with Crippen LogP contribution in [0, 0.1) is 27.7 Å². The summed E-state index contributed by atoms with van der Waals surface area (Å²) in [4.78, 5) is 13.3. The number of carbonyl (C=O) groups is 1. The lowest BCUT2D eigenvalue weighted by molar-refractivity contribution is -0.116. The minimum absolute atomic E-state index is 0.0521. The van der Waals surface area contributed by atoms with E-state index in [4.69, 9.17) is 0 Å². The van der Waals surface area contributed by atoms with Crippen molar-refractivity contribution in [2.45, 2.75) is 44.1 Å². The second-order valence-electron chi connectivity index (χ2n) is 7.23. The lowest BCUT2D eigenvalue weighted by Gasteiger charge is -2.33. The molecule has 0 saturated heterocycles. The largest absolute Gasteiger partial charge is 0.325 e. The first-order valence-corrected chi connectivity index (χ1v) is 10.1. The van der Waals surface area contributed by atoms with Gasteiger partial charge in [-0.05, 0) is 50.5 Å². The maximum absolute atomic E-state index is 13.3. The number of hydrogen-bond acceptors (Lipinski definition) is 5. The van der Waals surface area contributed by atoms with Crippen LogP contribution in [0.5, 0.6) is 0 Å². The molecule has 1 aromatic heterocycles. The summed E-state index contributed by atoms with van der Waals surface area (Å²) < 4.78 is 1.86. The van der Waals surface area contributed by atoms with Crippen LogP contribution in [0.15, 0.2) is 47.6 Å². The number of aryl methyl sites for hydroxylation is 4. The van der Waals surface area contributed by atoms with Crippen molar-refractivity contribution in [3.8, 4) is 0 Å². The van der Waals surface area contributed by atoms with Gasteiger partial charge in [-0.25, -0.2) is 4.68 Å². The highest BCUT2D eigenvalue weighted by Crippen LogP contribution is 2.37. The average Bonchev–Trinajstić information content (AvgIpc) is 3.04. The van der Waals surface area contributed by atoms with Gasteiger partial charge in [0.2, 0.25) is 11.1 Å². The Bertz CT molecular complexity index is 1030. The summed E-state index contributed by atoms with van der Waals surface area (Å²) in [5.41, 5.74) is 8.67. The highest BCUT2D eigenvalue weighted by molar-refractivity contribution is 8.00. The van der Waals surface area contributed by atoms with Crippen LogP contribution in [0.25, 0.3) is 0 Å². The summed E-state index contributed by atoms with van der Waals surface area (Å²) in [6.07, 6.45) is 0. The zero-order valence-corrected chi connectivity index (χ0v) is 17.2. The highest BCUT2D eigenvalue weighted by atomic mass is 32.2. The van der Waals surface area contributed by atoms with Crippen molar-refractivity contribution in [1.82, 2.24) is 14.9 Å². The number of carbonyl (C=O) groups excluding carboxylic acids is 1. The second kappa shape index (κ2) is 7.31. The molecule has 6 nitrogen and oxygen atoms in total. The molecule has 144 valence electrons. The lowest BCUT2D eigenvalue weighted by Crippen LogP contribution is -2.41. The second-order valence-corrected chi connectivity index (χ2v) is 8.34. The fourth-order valence-electron chi connectivity index (χ4n) is 3.26. The van der Waals surface area contributed by atoms with Crippen LogP contribution >= 0.6 is 11.8 Å². The van der Waals surface area contributed by atoms with Crippen molar-refractivity contribution in [3.05, 3.63) is 70.5 Å². The molecule has 2 N–H and O–H groups in total. The van der Waals surface area contributed by atoms with Gasteiger partial charge in [-0.3, -0.25) is 4.79 Å². The number of aromatic nitrogens is 3. The van der Waals surface area contributed by atoms with E-state index in [1.165, 1.54) is 17.3 Å². The van der Waals surface area contributed by atoms with Gasteiger partial charge in [0.25, 0.3) is 0 Å². The molecule has 1 aliphatic rings. The van der Waals surface area contributed by atoms with Gasteiger partial charge < -0.3 is 10.7 Å². The Kier molecular flexibility index (Phi) is 4.85. The molecule has 2 atom stereocenters. The van der Waals surface area contributed by atoms with E-state index in [2.05, 4.69) is 52.1 Å². The summed E-state index contributed by atoms with van der Waals surface area (Å²) >= 11 is 1.44. The van der Waals surface area contributed by atoms with Crippen LogP contribution in [0.1, 0.15) is 34.1 Å². The number of benzene rings is 2. The Morgan fingerprint density at radius 1 is 1.04 bits per heavy atom. The van der Waals surface area contributed by atoms with Crippen molar-refractivity contribution < 1.29 is 4.79 Å². The monoisotopic (exact) mass is 393 g/mol. The third-order valence-corrected chi connectivity index (χ3v) is 6.16. The number of fused-ring (bicyclic) bond motifs is 1. The summed E-state index contributed by atoms with van der Waals surface area (Å²) in [5.74, 6) is 0.719. The predicted molar refractivity (Wildman–Crippen MR) is 112 cm³/mol. The topological polar surface area (TPSA) is 71.8 Å². The van der Waals surface area contributed by atoms with Gasteiger partial charge in [-0.1, -0.05) is 53.7 Å². The van der Waals surface area contributed by atoms with Crippen LogP contribution in [0.3, 0.4) is 0 Å². The zero-order chi connectivity index (χ0) is 19.8. The number of rotatable bonds is 3. The number of thioether (sulfide) groups is 1. The van der Waals surface area contributed by atoms with Crippen LogP contribution in [0.4, 0.5) is 5.69 Å². The molecule has 4 rings (SSSR count). The number of amides is 1. The van der Waals surface area contributed by atoms with Crippen LogP contribution in [0.2, 0.25) is 0 Å². The van der Waals surface area contributed by atoms with Gasteiger partial charge in [0.15, 0.2) is 0 Å². The number of anilines is 1. The average molecular weight is 394 g/mol. The molecule has 0 fully saturated rings. The SMILES string of the molecule is Cc1ccc([C@@H]2Nn3c(C)nnc3S[C@@H]2C(=O)Nc2cc(C)ccc2C)cc1. The van der Waals surface area contributed by atoms with Crippen LogP contribution in [-0.2, 0) is 4.79 Å². The van der Waals surface area contributed by atoms with Crippen molar-refractivity contribution >= 4 is 23.4 Å². The van der Waals surface area contributed by atoms with E-state index in [9.17, 15) is 4.79 Å². The maximum atomic E-state index is 13.3. The van der Waals surface area contributed by atoms with Crippen LogP contribution in [-0.4, -0.2) is 26.0 Å². The molecule has 0 spiro atoms. The van der Waals surface area contributed by atoms with Gasteiger partial charge in [-0.15, -0.1) is 10.2 Å². The quantitative estimate of drug-likeness (QED) is 0.706. The van der Waals surface area contributed by atoms with Crippen molar-refractivity contribution in [2.24, 2.45) is 0 Å². The van der Waals surface area contributed by atoms with E-state index < -0.39 is 0 Å². The lowest BCUT2D eigenvalue weighted by atomic mass is 10.0. The Labute approximate surface area is 168 Å². The van der Waals surface area contributed by atoms with Gasteiger partial charge >= 0.3 is 0 Å². The van der Waals surface area contributed by atoms with E-state index in [0.717, 1.165) is 28.2 Å². The van der Waals surface area contributed by atoms with E-state index in [1.807, 2.05) is 43.6 Å². The number of nitrogens with one attached hydrogen (secondary N) is 2. The summed E-state index contributed by atoms with van der Waals surface area (Å²) in [5, 5.41) is 11.8. The third-order valence-electron chi connectivity index (χ3n) is 4.94. The molecule has 1 amide bonds. The molecular weight excluding hydrogens is 370 g/mol. The van der Waals surface area contributed by atoms with Gasteiger partial charge in [0.1, 0.15) is 11.1 Å². The fourth-order valence-corrected chi connectivity index (χ4v) is 4.38. The molecule has 0 radical (unpaired) electrons. The standard InChI is InChI=1S/C21H23N5OS/c1-12-6-9-16(10-7-12)18-19(28-21-24-23-15(4)26(21)25-18)20(27)22-17-11-13(2)5-8-14(17)3/h5-11,18-19,25H,1-4H3,(H,22,27)/t18-,19-/m0/s1. The zero-order valence-electron chi connectivity index (χ0n) is 16.4. The van der Waals surface area contributed by atoms with Crippen molar-refractivity contribution in [2.75, 3.05) is 10.7 Å². The molecular formula is C21H23N5OS. The Balaban J connectivity index is 1.68. The van der Waals surface area contributed by atoms with Crippen molar-refractivity contribution in [1.29, 1.82) is 0 Å². The molecule has 2 aromatic carbocycles. The Morgan fingerprint density at radius 3 is 2.50 bits per heavy atom. The normalized spacial score (nSPS) is 18.3. The number of nitrogens with zero attached hydrogens (tertiary/aromatic N) is 3. The van der Waals surface area contributed by atoms with Crippen LogP contribution < -0.4 is 10.7 Å². The van der Waals surface area contributed by atoms with E-state index in [-0.39, 0.29) is 17.2 Å². The first-order valence-electron chi connectivity index (χ1n) is 9.22. The minimum atomic E-state index is -0.376. The summed E-state index contributed by atoms with van der Waals surface area (Å²) in [6, 6.07) is 14.1. The van der Waals surface area contributed by atoms with Gasteiger partial charge in [-0.2, -0.15) is 0 Å². The molecule has 1 aliphatic heterocycles. The summed E-state index contributed by atoms with van der Waals surface area (Å²) in [6.45, 7) is 7.97. The smallest absolute Gasteiger partial charge is 0.240 e. The van der Waals surface area contributed by atoms with E-state index in [0.29, 0.717) is 5.16 Å². The van der Waals surface area contributed by atoms with E-state index in [1.54, 1.807) is 0 Å². The Hall–Kier alpha value is -2.80. The molecule has 0 saturated carbocycles. The molecule has 0 bridgehead atoms. The highest BCUT2D eigenvalue weighted by Gasteiger charge is 2.37. The first-order chi connectivity index (χ1) is 13.4. The van der Waals surface area contributed by atoms with Gasteiger partial charge in [0, 0.05) is 5.69 Å². The molecule has 0 unspecified atom stereocenters. The van der Waals surface area contributed by atoms with E-state index >= 15 is 0 Å². The molecule has 3 aromatic rings. The number of hydrogen-bond donors (Lipinski definition) is 2. The third kappa shape index (κ3) is 3.49. The fraction of sp³-hybridized carbons (Fsp3) is 0.286. The van der Waals surface area contributed by atoms with Gasteiger partial charge in [0.05, 0.1) is 6.04 Å². The van der Waals surface area contributed by atoms with Crippen molar-refractivity contribution in [3.63, 3.8) is 0 Å². The molecule has 7 heteroatoms. The first kappa shape index (κ1) is 18.6. The Morgan fingerprint density at radius 2 is 1.75 bits per heavy atom. The molecule has 0 aliphatic carbocycles. The summed E-state index contributed by atoms with van der Waals surface area (Å²) in [7, 11) is 0. The maximum Gasteiger partial charge on any atom is 0.240 e. The minimum Gasteiger partial charge on any atom is -0.325 e. The predicted octanol–water partition coefficient (Wildman–Crippen LogP) is 3.91. The molecule has 28 heavy (non-hydrogen) atoms. The molecule has 2 heterocycles.